The van der Waals surface area contributed by atoms with Gasteiger partial charge in [0.2, 0.25) is 5.91 Å². The highest BCUT2D eigenvalue weighted by Crippen LogP contribution is 2.39. The van der Waals surface area contributed by atoms with Crippen LogP contribution in [0, 0.1) is 18.3 Å². The molecule has 0 bridgehead atoms. The maximum Gasteiger partial charge on any atom is 0.222 e. The van der Waals surface area contributed by atoms with Crippen molar-refractivity contribution in [3.05, 3.63) is 29.6 Å². The highest BCUT2D eigenvalue weighted by Gasteiger charge is 2.41. The van der Waals surface area contributed by atoms with Crippen molar-refractivity contribution in [3.63, 3.8) is 0 Å². The number of nitrogens with zero attached hydrogens (tertiary/aromatic N) is 3. The van der Waals surface area contributed by atoms with Crippen molar-refractivity contribution in [2.75, 3.05) is 26.2 Å². The van der Waals surface area contributed by atoms with Gasteiger partial charge in [0.15, 0.2) is 0 Å². The molecule has 1 aromatic heterocycles. The molecule has 0 N–H and O–H groups in total. The number of amides is 1. The van der Waals surface area contributed by atoms with Crippen LogP contribution in [0.5, 0.6) is 0 Å². The zero-order chi connectivity index (χ0) is 17.9. The Morgan fingerprint density at radius 1 is 1.28 bits per heavy atom. The minimum atomic E-state index is 0.297. The molecule has 4 heteroatoms. The van der Waals surface area contributed by atoms with Gasteiger partial charge in [-0.15, -0.1) is 0 Å². The molecular weight excluding hydrogens is 310 g/mol. The van der Waals surface area contributed by atoms with E-state index in [9.17, 15) is 4.79 Å². The highest BCUT2D eigenvalue weighted by atomic mass is 16.2. The van der Waals surface area contributed by atoms with Gasteiger partial charge < -0.3 is 4.90 Å². The number of hydrogen-bond acceptors (Lipinski definition) is 3. The molecule has 0 saturated carbocycles. The number of aryl methyl sites for hydroxylation is 1. The number of carbonyl (C=O) groups excluding carboxylic acids is 1. The lowest BCUT2D eigenvalue weighted by atomic mass is 9.73. The average molecular weight is 344 g/mol. The van der Waals surface area contributed by atoms with E-state index in [1.807, 2.05) is 12.3 Å². The van der Waals surface area contributed by atoms with Gasteiger partial charge >= 0.3 is 0 Å². The maximum absolute atomic E-state index is 12.4. The van der Waals surface area contributed by atoms with Crippen LogP contribution in [0.3, 0.4) is 0 Å². The summed E-state index contributed by atoms with van der Waals surface area (Å²) in [5, 5.41) is 0. The first-order valence-electron chi connectivity index (χ1n) is 9.88. The van der Waals surface area contributed by atoms with E-state index in [4.69, 9.17) is 0 Å². The number of piperidine rings is 2. The zero-order valence-corrected chi connectivity index (χ0v) is 16.1. The molecule has 3 rings (SSSR count). The van der Waals surface area contributed by atoms with Gasteiger partial charge in [0.25, 0.3) is 0 Å². The molecule has 1 atom stereocenters. The second kappa shape index (κ2) is 7.86. The lowest BCUT2D eigenvalue weighted by Crippen LogP contribution is -2.54. The molecule has 1 aromatic rings. The number of rotatable bonds is 5. The molecule has 138 valence electrons. The van der Waals surface area contributed by atoms with Crippen LogP contribution < -0.4 is 0 Å². The Morgan fingerprint density at radius 3 is 2.88 bits per heavy atom. The largest absolute Gasteiger partial charge is 0.342 e. The smallest absolute Gasteiger partial charge is 0.222 e. The first kappa shape index (κ1) is 18.4. The van der Waals surface area contributed by atoms with Crippen molar-refractivity contribution < 1.29 is 4.79 Å². The summed E-state index contributed by atoms with van der Waals surface area (Å²) in [5.41, 5.74) is 2.77. The maximum atomic E-state index is 12.4. The van der Waals surface area contributed by atoms with Gasteiger partial charge in [-0.3, -0.25) is 14.7 Å². The summed E-state index contributed by atoms with van der Waals surface area (Å²) in [6.45, 7) is 11.7. The molecule has 0 unspecified atom stereocenters. The number of hydrogen-bond donors (Lipinski definition) is 0. The number of pyridine rings is 1. The summed E-state index contributed by atoms with van der Waals surface area (Å²) < 4.78 is 0. The molecule has 2 aliphatic heterocycles. The summed E-state index contributed by atoms with van der Waals surface area (Å²) >= 11 is 0. The first-order chi connectivity index (χ1) is 12.0. The summed E-state index contributed by atoms with van der Waals surface area (Å²) in [5.74, 6) is 1.02. The summed E-state index contributed by atoms with van der Waals surface area (Å²) in [7, 11) is 0. The van der Waals surface area contributed by atoms with E-state index < -0.39 is 0 Å². The van der Waals surface area contributed by atoms with Crippen molar-refractivity contribution in [1.29, 1.82) is 0 Å². The number of aromatic nitrogens is 1. The normalized spacial score (nSPS) is 25.1. The first-order valence-corrected chi connectivity index (χ1v) is 9.88. The molecule has 1 spiro atoms. The van der Waals surface area contributed by atoms with Gasteiger partial charge in [0.05, 0.1) is 5.69 Å². The average Bonchev–Trinajstić information content (AvgIpc) is 2.58. The molecule has 0 aromatic carbocycles. The molecule has 0 radical (unpaired) electrons. The van der Waals surface area contributed by atoms with Crippen LogP contribution in [0.2, 0.25) is 0 Å². The second-order valence-electron chi connectivity index (χ2n) is 8.58. The number of likely N-dealkylation sites (tertiary alicyclic amines) is 2. The molecule has 0 aliphatic carbocycles. The minimum Gasteiger partial charge on any atom is -0.342 e. The third kappa shape index (κ3) is 4.60. The Labute approximate surface area is 152 Å². The van der Waals surface area contributed by atoms with Crippen molar-refractivity contribution >= 4 is 5.91 Å². The Bertz CT molecular complexity index is 601. The predicted octanol–water partition coefficient (Wildman–Crippen LogP) is 3.64. The van der Waals surface area contributed by atoms with Crippen LogP contribution >= 0.6 is 0 Å². The number of carbonyl (C=O) groups is 1. The van der Waals surface area contributed by atoms with Crippen molar-refractivity contribution in [3.8, 4) is 0 Å². The molecule has 2 fully saturated rings. The summed E-state index contributed by atoms with van der Waals surface area (Å²) in [6, 6.07) is 4.16. The van der Waals surface area contributed by atoms with Gasteiger partial charge in [-0.1, -0.05) is 19.9 Å². The van der Waals surface area contributed by atoms with Crippen LogP contribution in [0.25, 0.3) is 0 Å². The van der Waals surface area contributed by atoms with E-state index in [0.29, 0.717) is 17.2 Å². The van der Waals surface area contributed by atoms with Crippen LogP contribution in [-0.2, 0) is 11.3 Å². The quantitative estimate of drug-likeness (QED) is 0.819. The van der Waals surface area contributed by atoms with E-state index in [1.165, 1.54) is 24.1 Å². The van der Waals surface area contributed by atoms with E-state index in [1.54, 1.807) is 0 Å². The Hall–Kier alpha value is -1.42. The lowest BCUT2D eigenvalue weighted by molar-refractivity contribution is -0.139. The van der Waals surface area contributed by atoms with E-state index >= 15 is 0 Å². The van der Waals surface area contributed by atoms with Crippen LogP contribution in [0.4, 0.5) is 0 Å². The third-order valence-electron chi connectivity index (χ3n) is 5.96. The lowest BCUT2D eigenvalue weighted by Gasteiger charge is -2.48. The van der Waals surface area contributed by atoms with Crippen LogP contribution in [-0.4, -0.2) is 46.9 Å². The zero-order valence-electron chi connectivity index (χ0n) is 16.1. The van der Waals surface area contributed by atoms with Gasteiger partial charge in [-0.2, -0.15) is 0 Å². The van der Waals surface area contributed by atoms with Gasteiger partial charge in [0, 0.05) is 44.2 Å². The Kier molecular flexibility index (Phi) is 5.78. The molecule has 25 heavy (non-hydrogen) atoms. The third-order valence-corrected chi connectivity index (χ3v) is 5.96. The fourth-order valence-electron chi connectivity index (χ4n) is 4.39. The Balaban J connectivity index is 1.65. The molecule has 3 heterocycles. The molecular formula is C21H33N3O. The minimum absolute atomic E-state index is 0.297. The monoisotopic (exact) mass is 343 g/mol. The van der Waals surface area contributed by atoms with E-state index in [-0.39, 0.29) is 0 Å². The fraction of sp³-hybridized carbons (Fsp3) is 0.714. The van der Waals surface area contributed by atoms with Gasteiger partial charge in [-0.25, -0.2) is 0 Å². The van der Waals surface area contributed by atoms with Crippen LogP contribution in [0.15, 0.2) is 18.3 Å². The molecule has 2 aliphatic rings. The van der Waals surface area contributed by atoms with Crippen molar-refractivity contribution in [1.82, 2.24) is 14.8 Å². The summed E-state index contributed by atoms with van der Waals surface area (Å²) in [4.78, 5) is 21.6. The van der Waals surface area contributed by atoms with Gasteiger partial charge in [-0.05, 0) is 56.7 Å². The topological polar surface area (TPSA) is 36.4 Å². The van der Waals surface area contributed by atoms with Gasteiger partial charge in [0.1, 0.15) is 0 Å². The second-order valence-corrected chi connectivity index (χ2v) is 8.58. The standard InChI is InChI=1S/C21H33N3O/c1-17(2)8-13-24-16-21(10-7-20(24)25)9-5-12-23(15-21)14-19-18(3)6-4-11-22-19/h4,6,11,17H,5,7-10,12-16H2,1-3H3/t21-/m1/s1. The summed E-state index contributed by atoms with van der Waals surface area (Å²) in [6.07, 6.45) is 7.29. The molecule has 1 amide bonds. The van der Waals surface area contributed by atoms with E-state index in [0.717, 1.165) is 52.0 Å². The van der Waals surface area contributed by atoms with E-state index in [2.05, 4.69) is 41.6 Å². The van der Waals surface area contributed by atoms with Crippen molar-refractivity contribution in [2.24, 2.45) is 11.3 Å². The van der Waals surface area contributed by atoms with Crippen LogP contribution in [0.1, 0.15) is 57.2 Å². The fourth-order valence-corrected chi connectivity index (χ4v) is 4.39. The molecule has 2 saturated heterocycles. The van der Waals surface area contributed by atoms with Crippen molar-refractivity contribution in [2.45, 2.75) is 59.4 Å². The SMILES string of the molecule is Cc1cccnc1CN1CCC[C@@]2(CCC(=O)N(CCC(C)C)C2)C1. The predicted molar refractivity (Wildman–Crippen MR) is 101 cm³/mol. The Morgan fingerprint density at radius 2 is 2.12 bits per heavy atom. The highest BCUT2D eigenvalue weighted by molar-refractivity contribution is 5.77. The molecule has 4 nitrogen and oxygen atoms in total.